The molecule has 0 unspecified atom stereocenters. The van der Waals surface area contributed by atoms with Gasteiger partial charge in [0.2, 0.25) is 0 Å². The Bertz CT molecular complexity index is 951. The smallest absolute Gasteiger partial charge is 0.338 e. The van der Waals surface area contributed by atoms with Gasteiger partial charge < -0.3 is 14.8 Å². The van der Waals surface area contributed by atoms with Crippen molar-refractivity contribution in [1.29, 1.82) is 0 Å². The zero-order chi connectivity index (χ0) is 21.2. The third-order valence-electron chi connectivity index (χ3n) is 4.43. The van der Waals surface area contributed by atoms with Crippen molar-refractivity contribution in [3.05, 3.63) is 95.6 Å². The van der Waals surface area contributed by atoms with Gasteiger partial charge in [-0.15, -0.1) is 0 Å². The van der Waals surface area contributed by atoms with E-state index in [-0.39, 0.29) is 11.9 Å². The summed E-state index contributed by atoms with van der Waals surface area (Å²) in [6.45, 7) is 2.90. The third-order valence-corrected chi connectivity index (χ3v) is 4.43. The van der Waals surface area contributed by atoms with E-state index in [1.165, 1.54) is 5.56 Å². The van der Waals surface area contributed by atoms with Crippen LogP contribution in [0.5, 0.6) is 5.75 Å². The molecule has 0 aliphatic carbocycles. The Kier molecular flexibility index (Phi) is 7.61. The first-order chi connectivity index (χ1) is 14.7. The molecule has 3 aromatic carbocycles. The maximum Gasteiger partial charge on any atom is 0.338 e. The number of hydrogen-bond donors (Lipinski definition) is 1. The maximum atomic E-state index is 12.4. The Labute approximate surface area is 176 Å². The lowest BCUT2D eigenvalue weighted by molar-refractivity contribution is 0.0505. The quantitative estimate of drug-likeness (QED) is 0.503. The van der Waals surface area contributed by atoms with Crippen LogP contribution in [-0.2, 0) is 11.2 Å². The molecule has 0 heterocycles. The first-order valence-corrected chi connectivity index (χ1v) is 10.0. The van der Waals surface area contributed by atoms with Crippen molar-refractivity contribution >= 4 is 17.6 Å². The van der Waals surface area contributed by atoms with Crippen molar-refractivity contribution in [2.75, 3.05) is 18.5 Å². The molecule has 0 aliphatic rings. The van der Waals surface area contributed by atoms with Crippen molar-refractivity contribution in [2.24, 2.45) is 0 Å². The molecule has 5 nitrogen and oxygen atoms in total. The van der Waals surface area contributed by atoms with Crippen molar-refractivity contribution in [1.82, 2.24) is 0 Å². The summed E-state index contributed by atoms with van der Waals surface area (Å²) in [6.07, 6.45) is 1.60. The average Bonchev–Trinajstić information content (AvgIpc) is 2.79. The number of amides is 1. The molecule has 0 atom stereocenters. The summed E-state index contributed by atoms with van der Waals surface area (Å²) < 4.78 is 10.8. The minimum absolute atomic E-state index is 0.229. The second-order valence-corrected chi connectivity index (χ2v) is 6.78. The van der Waals surface area contributed by atoms with Gasteiger partial charge in [0.25, 0.3) is 5.91 Å². The molecule has 0 aliphatic heterocycles. The van der Waals surface area contributed by atoms with Crippen LogP contribution in [0.3, 0.4) is 0 Å². The lowest BCUT2D eigenvalue weighted by Gasteiger charge is -2.09. The standard InChI is InChI=1S/C25H25NO4/c1-2-17-30-25(28)21-8-12-22(13-9-21)26-24(27)20-10-14-23(15-11-20)29-18-16-19-6-4-3-5-7-19/h3-15H,2,16-18H2,1H3,(H,26,27). The first kappa shape index (κ1) is 21.1. The van der Waals surface area contributed by atoms with Gasteiger partial charge in [0.1, 0.15) is 5.75 Å². The molecule has 1 amide bonds. The molecule has 5 heteroatoms. The van der Waals surface area contributed by atoms with Gasteiger partial charge in [-0.1, -0.05) is 37.3 Å². The molecule has 154 valence electrons. The fraction of sp³-hybridized carbons (Fsp3) is 0.200. The van der Waals surface area contributed by atoms with E-state index >= 15 is 0 Å². The van der Waals surface area contributed by atoms with E-state index in [1.807, 2.05) is 25.1 Å². The van der Waals surface area contributed by atoms with Crippen LogP contribution in [0.4, 0.5) is 5.69 Å². The third kappa shape index (κ3) is 6.21. The highest BCUT2D eigenvalue weighted by molar-refractivity contribution is 6.04. The summed E-state index contributed by atoms with van der Waals surface area (Å²) in [4.78, 5) is 24.3. The molecule has 0 aromatic heterocycles. The molecule has 0 saturated heterocycles. The fourth-order valence-electron chi connectivity index (χ4n) is 2.80. The van der Waals surface area contributed by atoms with Crippen molar-refractivity contribution in [2.45, 2.75) is 19.8 Å². The number of carbonyl (C=O) groups excluding carboxylic acids is 2. The Morgan fingerprint density at radius 1 is 0.800 bits per heavy atom. The monoisotopic (exact) mass is 403 g/mol. The number of benzene rings is 3. The molecule has 3 rings (SSSR count). The topological polar surface area (TPSA) is 64.6 Å². The molecular formula is C25H25NO4. The number of esters is 1. The molecule has 0 saturated carbocycles. The Morgan fingerprint density at radius 3 is 2.13 bits per heavy atom. The van der Waals surface area contributed by atoms with Crippen LogP contribution in [-0.4, -0.2) is 25.1 Å². The lowest BCUT2D eigenvalue weighted by Crippen LogP contribution is -2.12. The summed E-state index contributed by atoms with van der Waals surface area (Å²) in [6, 6.07) is 23.8. The van der Waals surface area contributed by atoms with E-state index in [1.54, 1.807) is 48.5 Å². The highest BCUT2D eigenvalue weighted by Gasteiger charge is 2.09. The van der Waals surface area contributed by atoms with Crippen LogP contribution in [0.2, 0.25) is 0 Å². The molecule has 1 N–H and O–H groups in total. The van der Waals surface area contributed by atoms with Gasteiger partial charge in [-0.25, -0.2) is 4.79 Å². The summed E-state index contributed by atoms with van der Waals surface area (Å²) in [5.41, 5.74) is 2.81. The van der Waals surface area contributed by atoms with E-state index < -0.39 is 0 Å². The molecule has 30 heavy (non-hydrogen) atoms. The normalized spacial score (nSPS) is 10.3. The summed E-state index contributed by atoms with van der Waals surface area (Å²) in [7, 11) is 0. The van der Waals surface area contributed by atoms with Gasteiger partial charge in [-0.3, -0.25) is 4.79 Å². The average molecular weight is 403 g/mol. The van der Waals surface area contributed by atoms with Gasteiger partial charge in [-0.2, -0.15) is 0 Å². The Balaban J connectivity index is 1.50. The molecular weight excluding hydrogens is 378 g/mol. The minimum Gasteiger partial charge on any atom is -0.493 e. The SMILES string of the molecule is CCCOC(=O)c1ccc(NC(=O)c2ccc(OCCc3ccccc3)cc2)cc1. The van der Waals surface area contributed by atoms with E-state index in [2.05, 4.69) is 17.4 Å². The molecule has 0 spiro atoms. The van der Waals surface area contributed by atoms with Crippen LogP contribution in [0.25, 0.3) is 0 Å². The number of ether oxygens (including phenoxy) is 2. The number of carbonyl (C=O) groups is 2. The first-order valence-electron chi connectivity index (χ1n) is 10.0. The van der Waals surface area contributed by atoms with E-state index in [0.717, 1.165) is 18.6 Å². The predicted octanol–water partition coefficient (Wildman–Crippen LogP) is 5.13. The van der Waals surface area contributed by atoms with Crippen molar-refractivity contribution in [3.8, 4) is 5.75 Å². The van der Waals surface area contributed by atoms with E-state index in [4.69, 9.17) is 9.47 Å². The van der Waals surface area contributed by atoms with Gasteiger partial charge in [0.05, 0.1) is 18.8 Å². The van der Waals surface area contributed by atoms with Crippen LogP contribution in [0.15, 0.2) is 78.9 Å². The van der Waals surface area contributed by atoms with Crippen LogP contribution in [0, 0.1) is 0 Å². The molecule has 3 aromatic rings. The number of nitrogens with one attached hydrogen (secondary N) is 1. The molecule has 0 fully saturated rings. The highest BCUT2D eigenvalue weighted by Crippen LogP contribution is 2.16. The van der Waals surface area contributed by atoms with Gasteiger partial charge in [0, 0.05) is 17.7 Å². The summed E-state index contributed by atoms with van der Waals surface area (Å²) in [5, 5.41) is 2.82. The lowest BCUT2D eigenvalue weighted by atomic mass is 10.1. The maximum absolute atomic E-state index is 12.4. The van der Waals surface area contributed by atoms with E-state index in [0.29, 0.717) is 30.0 Å². The second-order valence-electron chi connectivity index (χ2n) is 6.78. The highest BCUT2D eigenvalue weighted by atomic mass is 16.5. The Morgan fingerprint density at radius 2 is 1.47 bits per heavy atom. The molecule has 0 bridgehead atoms. The Hall–Kier alpha value is -3.60. The summed E-state index contributed by atoms with van der Waals surface area (Å²) >= 11 is 0. The van der Waals surface area contributed by atoms with Gasteiger partial charge >= 0.3 is 5.97 Å². The fourth-order valence-corrected chi connectivity index (χ4v) is 2.80. The van der Waals surface area contributed by atoms with Crippen molar-refractivity contribution in [3.63, 3.8) is 0 Å². The summed E-state index contributed by atoms with van der Waals surface area (Å²) in [5.74, 6) is 0.127. The van der Waals surface area contributed by atoms with Crippen LogP contribution in [0.1, 0.15) is 39.6 Å². The largest absolute Gasteiger partial charge is 0.493 e. The van der Waals surface area contributed by atoms with Crippen LogP contribution >= 0.6 is 0 Å². The van der Waals surface area contributed by atoms with E-state index in [9.17, 15) is 9.59 Å². The number of anilines is 1. The van der Waals surface area contributed by atoms with Gasteiger partial charge in [-0.05, 0) is 60.5 Å². The van der Waals surface area contributed by atoms with Gasteiger partial charge in [0.15, 0.2) is 0 Å². The second kappa shape index (κ2) is 10.8. The minimum atomic E-state index is -0.363. The number of hydrogen-bond acceptors (Lipinski definition) is 4. The predicted molar refractivity (Wildman–Crippen MR) is 117 cm³/mol. The zero-order valence-electron chi connectivity index (χ0n) is 17.0. The number of rotatable bonds is 9. The van der Waals surface area contributed by atoms with Crippen molar-refractivity contribution < 1.29 is 19.1 Å². The zero-order valence-corrected chi connectivity index (χ0v) is 17.0. The van der Waals surface area contributed by atoms with Crippen LogP contribution < -0.4 is 10.1 Å². The molecule has 0 radical (unpaired) electrons.